The maximum absolute atomic E-state index is 9.40. The van der Waals surface area contributed by atoms with Crippen LogP contribution in [0.3, 0.4) is 0 Å². The molecule has 0 aliphatic carbocycles. The summed E-state index contributed by atoms with van der Waals surface area (Å²) in [6, 6.07) is 0. The Morgan fingerprint density at radius 2 is 2.62 bits per heavy atom. The number of carbonyl (C=O) groups excluding carboxylic acids is 1. The molecule has 0 rings (SSSR count). The standard InChI is InChI=1S/C4H4ClNOS/c1-4(5)2-8-6-3-7/h2H,1H3. The molecule has 0 aromatic carbocycles. The third-order valence-corrected chi connectivity index (χ3v) is 1.18. The summed E-state index contributed by atoms with van der Waals surface area (Å²) in [5.74, 6) is 0. The Hall–Kier alpha value is -0.240. The van der Waals surface area contributed by atoms with Crippen molar-refractivity contribution < 1.29 is 4.79 Å². The van der Waals surface area contributed by atoms with Gasteiger partial charge >= 0.3 is 0 Å². The van der Waals surface area contributed by atoms with Crippen LogP contribution in [0.2, 0.25) is 0 Å². The van der Waals surface area contributed by atoms with Crippen LogP contribution in [0.25, 0.3) is 0 Å². The molecule has 4 heteroatoms. The summed E-state index contributed by atoms with van der Waals surface area (Å²) in [7, 11) is 0. The molecule has 0 fully saturated rings. The van der Waals surface area contributed by atoms with Gasteiger partial charge in [-0.05, 0) is 6.92 Å². The van der Waals surface area contributed by atoms with E-state index in [2.05, 4.69) is 4.40 Å². The second-order valence-electron chi connectivity index (χ2n) is 0.993. The Bertz CT molecular complexity index is 135. The Labute approximate surface area is 56.8 Å². The van der Waals surface area contributed by atoms with Gasteiger partial charge in [0.25, 0.3) is 0 Å². The average molecular weight is 150 g/mol. The van der Waals surface area contributed by atoms with Gasteiger partial charge in [0.2, 0.25) is 6.08 Å². The minimum atomic E-state index is 0.606. The second kappa shape index (κ2) is 4.91. The van der Waals surface area contributed by atoms with E-state index in [9.17, 15) is 4.79 Å². The zero-order chi connectivity index (χ0) is 6.41. The zero-order valence-electron chi connectivity index (χ0n) is 4.22. The Balaban J connectivity index is 3.44. The van der Waals surface area contributed by atoms with Crippen LogP contribution in [0.1, 0.15) is 6.92 Å². The molecule has 0 saturated carbocycles. The molecule has 0 heterocycles. The molecule has 0 saturated heterocycles. The molecule has 0 unspecified atom stereocenters. The summed E-state index contributed by atoms with van der Waals surface area (Å²) in [6.07, 6.45) is 1.36. The van der Waals surface area contributed by atoms with Crippen molar-refractivity contribution in [3.8, 4) is 0 Å². The van der Waals surface area contributed by atoms with Gasteiger partial charge < -0.3 is 0 Å². The zero-order valence-corrected chi connectivity index (χ0v) is 5.79. The minimum absolute atomic E-state index is 0.606. The molecule has 0 aromatic heterocycles. The largest absolute Gasteiger partial charge is 0.247 e. The van der Waals surface area contributed by atoms with E-state index in [0.717, 1.165) is 11.9 Å². The number of hydrogen-bond acceptors (Lipinski definition) is 3. The molecule has 2 nitrogen and oxygen atoms in total. The van der Waals surface area contributed by atoms with E-state index >= 15 is 0 Å². The minimum Gasteiger partial charge on any atom is -0.210 e. The summed E-state index contributed by atoms with van der Waals surface area (Å²) in [4.78, 5) is 9.40. The fraction of sp³-hybridized carbons (Fsp3) is 0.250. The predicted molar refractivity (Wildman–Crippen MR) is 35.3 cm³/mol. The first-order chi connectivity index (χ1) is 3.77. The highest BCUT2D eigenvalue weighted by atomic mass is 35.5. The lowest BCUT2D eigenvalue weighted by Gasteiger charge is -1.76. The molecule has 0 bridgehead atoms. The highest BCUT2D eigenvalue weighted by Gasteiger charge is 1.76. The van der Waals surface area contributed by atoms with Gasteiger partial charge in [-0.15, -0.1) is 4.40 Å². The molecule has 44 valence electrons. The lowest BCUT2D eigenvalue weighted by atomic mass is 10.8. The van der Waals surface area contributed by atoms with E-state index < -0.39 is 0 Å². The third kappa shape index (κ3) is 5.76. The van der Waals surface area contributed by atoms with Gasteiger partial charge in [-0.1, -0.05) is 11.6 Å². The van der Waals surface area contributed by atoms with Crippen LogP contribution in [0.15, 0.2) is 14.8 Å². The Kier molecular flexibility index (Phi) is 4.76. The van der Waals surface area contributed by atoms with Crippen LogP contribution >= 0.6 is 23.5 Å². The van der Waals surface area contributed by atoms with E-state index in [0.29, 0.717) is 5.03 Å². The van der Waals surface area contributed by atoms with Gasteiger partial charge in [0.05, 0.1) is 0 Å². The van der Waals surface area contributed by atoms with Crippen molar-refractivity contribution in [2.75, 3.05) is 0 Å². The number of halogens is 1. The van der Waals surface area contributed by atoms with Crippen molar-refractivity contribution in [2.45, 2.75) is 6.92 Å². The summed E-state index contributed by atoms with van der Waals surface area (Å²) in [6.45, 7) is 1.70. The monoisotopic (exact) mass is 149 g/mol. The molecule has 0 aromatic rings. The molecular formula is C4H4ClNOS. The molecular weight excluding hydrogens is 146 g/mol. The molecule has 0 aliphatic rings. The molecule has 8 heavy (non-hydrogen) atoms. The number of isocyanates is 1. The summed E-state index contributed by atoms with van der Waals surface area (Å²) in [5, 5.41) is 2.15. The Morgan fingerprint density at radius 3 is 3.00 bits per heavy atom. The van der Waals surface area contributed by atoms with Gasteiger partial charge in [0.15, 0.2) is 0 Å². The smallest absolute Gasteiger partial charge is 0.210 e. The molecule has 0 amide bonds. The quantitative estimate of drug-likeness (QED) is 0.342. The van der Waals surface area contributed by atoms with Gasteiger partial charge in [-0.25, -0.2) is 4.79 Å². The third-order valence-electron chi connectivity index (χ3n) is 0.305. The number of rotatable bonds is 2. The van der Waals surface area contributed by atoms with Crippen molar-refractivity contribution in [3.63, 3.8) is 0 Å². The normalized spacial score (nSPS) is 10.5. The fourth-order valence-corrected chi connectivity index (χ4v) is 0.481. The lowest BCUT2D eigenvalue weighted by molar-refractivity contribution is 0.566. The number of nitrogens with zero attached hydrogens (tertiary/aromatic N) is 1. The predicted octanol–water partition coefficient (Wildman–Crippen LogP) is 2.07. The van der Waals surface area contributed by atoms with E-state index in [1.165, 1.54) is 6.08 Å². The highest BCUT2D eigenvalue weighted by molar-refractivity contribution is 8.01. The van der Waals surface area contributed by atoms with Gasteiger partial charge in [0.1, 0.15) is 0 Å². The first kappa shape index (κ1) is 7.76. The molecule has 0 atom stereocenters. The van der Waals surface area contributed by atoms with E-state index in [1.54, 1.807) is 12.3 Å². The molecule has 0 radical (unpaired) electrons. The van der Waals surface area contributed by atoms with Crippen molar-refractivity contribution in [1.29, 1.82) is 0 Å². The van der Waals surface area contributed by atoms with Crippen LogP contribution in [0.5, 0.6) is 0 Å². The van der Waals surface area contributed by atoms with Gasteiger partial charge in [0, 0.05) is 22.4 Å². The SMILES string of the molecule is CC(Cl)=CSN=C=O. The topological polar surface area (TPSA) is 29.4 Å². The molecule has 0 aliphatic heterocycles. The summed E-state index contributed by atoms with van der Waals surface area (Å²) in [5.41, 5.74) is 0. The maximum Gasteiger partial charge on any atom is 0.247 e. The van der Waals surface area contributed by atoms with Crippen LogP contribution in [-0.4, -0.2) is 6.08 Å². The average Bonchev–Trinajstić information content (AvgIpc) is 1.66. The van der Waals surface area contributed by atoms with Crippen LogP contribution < -0.4 is 0 Å². The van der Waals surface area contributed by atoms with Crippen LogP contribution in [-0.2, 0) is 4.79 Å². The van der Waals surface area contributed by atoms with Crippen molar-refractivity contribution >= 4 is 29.6 Å². The first-order valence-corrected chi connectivity index (χ1v) is 3.04. The first-order valence-electron chi connectivity index (χ1n) is 1.82. The van der Waals surface area contributed by atoms with Gasteiger partial charge in [-0.3, -0.25) is 0 Å². The van der Waals surface area contributed by atoms with Crippen LogP contribution in [0.4, 0.5) is 0 Å². The fourth-order valence-electron chi connectivity index (χ4n) is 0.120. The molecule has 0 spiro atoms. The number of hydrogen-bond donors (Lipinski definition) is 0. The van der Waals surface area contributed by atoms with Crippen molar-refractivity contribution in [3.05, 3.63) is 10.4 Å². The van der Waals surface area contributed by atoms with Gasteiger partial charge in [-0.2, -0.15) is 0 Å². The maximum atomic E-state index is 9.40. The summed E-state index contributed by atoms with van der Waals surface area (Å²) >= 11 is 6.33. The molecule has 0 N–H and O–H groups in total. The lowest BCUT2D eigenvalue weighted by Crippen LogP contribution is -1.50. The van der Waals surface area contributed by atoms with Crippen molar-refractivity contribution in [2.24, 2.45) is 4.40 Å². The Morgan fingerprint density at radius 1 is 2.00 bits per heavy atom. The second-order valence-corrected chi connectivity index (χ2v) is 2.22. The van der Waals surface area contributed by atoms with E-state index in [-0.39, 0.29) is 0 Å². The van der Waals surface area contributed by atoms with Crippen LogP contribution in [0, 0.1) is 0 Å². The van der Waals surface area contributed by atoms with Crippen molar-refractivity contribution in [1.82, 2.24) is 0 Å². The highest BCUT2D eigenvalue weighted by Crippen LogP contribution is 2.08. The number of allylic oxidation sites excluding steroid dienone is 1. The van der Waals surface area contributed by atoms with E-state index in [1.807, 2.05) is 0 Å². The summed E-state index contributed by atoms with van der Waals surface area (Å²) < 4.78 is 3.16. The van der Waals surface area contributed by atoms with E-state index in [4.69, 9.17) is 11.6 Å².